The zero-order chi connectivity index (χ0) is 18.0. The molecule has 2 fully saturated rings. The van der Waals surface area contributed by atoms with Crippen molar-refractivity contribution in [1.29, 1.82) is 0 Å². The quantitative estimate of drug-likeness (QED) is 0.842. The monoisotopic (exact) mass is 349 g/mol. The fourth-order valence-electron chi connectivity index (χ4n) is 4.95. The fraction of sp³-hybridized carbons (Fsp3) is 0.500. The summed E-state index contributed by atoms with van der Waals surface area (Å²) >= 11 is 0. The lowest BCUT2D eigenvalue weighted by molar-refractivity contribution is 0.0554. The molecule has 26 heavy (non-hydrogen) atoms. The third-order valence-corrected chi connectivity index (χ3v) is 6.59. The van der Waals surface area contributed by atoms with Crippen LogP contribution >= 0.6 is 0 Å². The van der Waals surface area contributed by atoms with Gasteiger partial charge in [-0.2, -0.15) is 0 Å². The van der Waals surface area contributed by atoms with Crippen LogP contribution in [0.4, 0.5) is 0 Å². The number of benzene rings is 2. The van der Waals surface area contributed by atoms with Crippen LogP contribution in [0.1, 0.15) is 48.8 Å². The van der Waals surface area contributed by atoms with Crippen LogP contribution < -0.4 is 0 Å². The molecule has 0 amide bonds. The standard InChI is InChI=1S/C24H31NO/c1-19-7-11-23(12-8-19)24(26,22-5-3-2-4-6-22)14-16-25-15-13-20-9-10-21(17-20)18-25/h2-8,11-12,20-21,26H,9-10,13-18H2,1H3/t20-,21-,24-/m0/s1. The van der Waals surface area contributed by atoms with Gasteiger partial charge in [0.1, 0.15) is 5.60 Å². The highest BCUT2D eigenvalue weighted by Gasteiger charge is 2.34. The van der Waals surface area contributed by atoms with Crippen molar-refractivity contribution in [1.82, 2.24) is 4.90 Å². The third-order valence-electron chi connectivity index (χ3n) is 6.59. The predicted molar refractivity (Wildman–Crippen MR) is 107 cm³/mol. The number of fused-ring (bicyclic) bond motifs is 2. The molecule has 1 aliphatic carbocycles. The third kappa shape index (κ3) is 3.72. The molecule has 4 rings (SSSR count). The summed E-state index contributed by atoms with van der Waals surface area (Å²) in [5.74, 6) is 1.83. The van der Waals surface area contributed by atoms with Crippen molar-refractivity contribution < 1.29 is 5.11 Å². The lowest BCUT2D eigenvalue weighted by Gasteiger charge is -2.33. The smallest absolute Gasteiger partial charge is 0.116 e. The van der Waals surface area contributed by atoms with Crippen molar-refractivity contribution in [2.45, 2.75) is 44.6 Å². The van der Waals surface area contributed by atoms with E-state index in [2.05, 4.69) is 48.2 Å². The minimum atomic E-state index is -0.916. The van der Waals surface area contributed by atoms with Gasteiger partial charge in [0.15, 0.2) is 0 Å². The highest BCUT2D eigenvalue weighted by Crippen LogP contribution is 2.38. The Morgan fingerprint density at radius 2 is 1.62 bits per heavy atom. The Kier molecular flexibility index (Phi) is 5.15. The highest BCUT2D eigenvalue weighted by molar-refractivity contribution is 5.37. The summed E-state index contributed by atoms with van der Waals surface area (Å²) in [5.41, 5.74) is 2.32. The first-order chi connectivity index (χ1) is 12.6. The lowest BCUT2D eigenvalue weighted by Crippen LogP contribution is -2.36. The van der Waals surface area contributed by atoms with E-state index in [1.54, 1.807) is 0 Å². The molecule has 2 bridgehead atoms. The highest BCUT2D eigenvalue weighted by atomic mass is 16.3. The minimum absolute atomic E-state index is 0.747. The Morgan fingerprint density at radius 1 is 0.923 bits per heavy atom. The van der Waals surface area contributed by atoms with Crippen LogP contribution in [0.25, 0.3) is 0 Å². The summed E-state index contributed by atoms with van der Waals surface area (Å²) in [4.78, 5) is 2.60. The largest absolute Gasteiger partial charge is 0.380 e. The zero-order valence-electron chi connectivity index (χ0n) is 15.9. The molecule has 1 N–H and O–H groups in total. The van der Waals surface area contributed by atoms with Gasteiger partial charge in [-0.25, -0.2) is 0 Å². The molecular formula is C24H31NO. The van der Waals surface area contributed by atoms with Crippen LogP contribution in [0, 0.1) is 18.8 Å². The molecule has 0 aromatic heterocycles. The molecule has 138 valence electrons. The molecule has 3 atom stereocenters. The molecule has 1 heterocycles. The van der Waals surface area contributed by atoms with Crippen LogP contribution in [0.5, 0.6) is 0 Å². The number of nitrogens with zero attached hydrogens (tertiary/aromatic N) is 1. The van der Waals surface area contributed by atoms with E-state index >= 15 is 0 Å². The van der Waals surface area contributed by atoms with Crippen molar-refractivity contribution in [3.8, 4) is 0 Å². The van der Waals surface area contributed by atoms with Gasteiger partial charge in [0.25, 0.3) is 0 Å². The molecule has 1 aliphatic heterocycles. The summed E-state index contributed by atoms with van der Waals surface area (Å²) in [5, 5.41) is 11.8. The summed E-state index contributed by atoms with van der Waals surface area (Å²) in [7, 11) is 0. The first-order valence-electron chi connectivity index (χ1n) is 10.2. The van der Waals surface area contributed by atoms with Crippen molar-refractivity contribution in [2.24, 2.45) is 11.8 Å². The van der Waals surface area contributed by atoms with Crippen molar-refractivity contribution in [2.75, 3.05) is 19.6 Å². The normalized spacial score (nSPS) is 25.6. The average Bonchev–Trinajstić information content (AvgIpc) is 3.01. The maximum absolute atomic E-state index is 11.8. The first kappa shape index (κ1) is 17.8. The Bertz CT molecular complexity index is 711. The number of hydrogen-bond donors (Lipinski definition) is 1. The molecule has 2 aromatic carbocycles. The number of hydrogen-bond acceptors (Lipinski definition) is 2. The lowest BCUT2D eigenvalue weighted by atomic mass is 9.83. The predicted octanol–water partition coefficient (Wildman–Crippen LogP) is 4.74. The van der Waals surface area contributed by atoms with E-state index in [1.165, 1.54) is 44.3 Å². The number of rotatable bonds is 5. The molecular weight excluding hydrogens is 318 g/mol. The second kappa shape index (κ2) is 7.54. The molecule has 2 nitrogen and oxygen atoms in total. The second-order valence-corrected chi connectivity index (χ2v) is 8.48. The van der Waals surface area contributed by atoms with E-state index in [-0.39, 0.29) is 0 Å². The number of likely N-dealkylation sites (tertiary alicyclic amines) is 1. The Morgan fingerprint density at radius 3 is 2.38 bits per heavy atom. The van der Waals surface area contributed by atoms with Gasteiger partial charge in [-0.05, 0) is 62.1 Å². The molecule has 2 aromatic rings. The van der Waals surface area contributed by atoms with Crippen molar-refractivity contribution >= 4 is 0 Å². The summed E-state index contributed by atoms with van der Waals surface area (Å²) in [6.45, 7) is 5.47. The molecule has 0 unspecified atom stereocenters. The topological polar surface area (TPSA) is 23.5 Å². The minimum Gasteiger partial charge on any atom is -0.380 e. The van der Waals surface area contributed by atoms with Crippen LogP contribution in [0.3, 0.4) is 0 Å². The maximum Gasteiger partial charge on any atom is 0.116 e. The molecule has 1 saturated carbocycles. The SMILES string of the molecule is Cc1ccc([C@](O)(CCN2CC[C@@H]3CC[C@@H](C3)C2)c2ccccc2)cc1. The van der Waals surface area contributed by atoms with Gasteiger partial charge in [-0.3, -0.25) is 0 Å². The second-order valence-electron chi connectivity index (χ2n) is 8.48. The van der Waals surface area contributed by atoms with E-state index in [4.69, 9.17) is 0 Å². The van der Waals surface area contributed by atoms with E-state index in [0.29, 0.717) is 0 Å². The van der Waals surface area contributed by atoms with Crippen LogP contribution in [0.15, 0.2) is 54.6 Å². The van der Waals surface area contributed by atoms with E-state index in [1.807, 2.05) is 18.2 Å². The maximum atomic E-state index is 11.8. The van der Waals surface area contributed by atoms with Gasteiger partial charge in [0.05, 0.1) is 0 Å². The Labute approximate surface area is 157 Å². The molecule has 2 aliphatic rings. The zero-order valence-corrected chi connectivity index (χ0v) is 15.9. The van der Waals surface area contributed by atoms with E-state index < -0.39 is 5.60 Å². The summed E-state index contributed by atoms with van der Waals surface area (Å²) in [6, 6.07) is 18.6. The van der Waals surface area contributed by atoms with E-state index in [9.17, 15) is 5.11 Å². The summed E-state index contributed by atoms with van der Waals surface area (Å²) in [6.07, 6.45) is 6.36. The molecule has 1 saturated heterocycles. The van der Waals surface area contributed by atoms with Gasteiger partial charge in [-0.1, -0.05) is 66.6 Å². The number of aliphatic hydroxyl groups is 1. The van der Waals surface area contributed by atoms with Crippen LogP contribution in [-0.4, -0.2) is 29.6 Å². The Hall–Kier alpha value is -1.64. The van der Waals surface area contributed by atoms with E-state index in [0.717, 1.165) is 35.9 Å². The molecule has 0 radical (unpaired) electrons. The summed E-state index contributed by atoms with van der Waals surface area (Å²) < 4.78 is 0. The van der Waals surface area contributed by atoms with Crippen molar-refractivity contribution in [3.05, 3.63) is 71.3 Å². The average molecular weight is 350 g/mol. The van der Waals surface area contributed by atoms with Gasteiger partial charge < -0.3 is 10.0 Å². The van der Waals surface area contributed by atoms with Gasteiger partial charge >= 0.3 is 0 Å². The fourth-order valence-corrected chi connectivity index (χ4v) is 4.95. The van der Waals surface area contributed by atoms with Gasteiger partial charge in [0, 0.05) is 13.1 Å². The van der Waals surface area contributed by atoms with Crippen LogP contribution in [0.2, 0.25) is 0 Å². The van der Waals surface area contributed by atoms with Gasteiger partial charge in [-0.15, -0.1) is 0 Å². The van der Waals surface area contributed by atoms with Crippen molar-refractivity contribution in [3.63, 3.8) is 0 Å². The van der Waals surface area contributed by atoms with Gasteiger partial charge in [0.2, 0.25) is 0 Å². The molecule has 2 heteroatoms. The first-order valence-corrected chi connectivity index (χ1v) is 10.2. The van der Waals surface area contributed by atoms with Crippen LogP contribution in [-0.2, 0) is 5.60 Å². The Balaban J connectivity index is 1.54. The molecule has 0 spiro atoms. The number of aryl methyl sites for hydroxylation is 1.